The number of benzene rings is 2. The molecule has 1 aliphatic carbocycles. The van der Waals surface area contributed by atoms with Gasteiger partial charge in [-0.05, 0) is 30.5 Å². The summed E-state index contributed by atoms with van der Waals surface area (Å²) in [6.07, 6.45) is 2.04. The second-order valence-electron chi connectivity index (χ2n) is 5.74. The first-order chi connectivity index (χ1) is 11.6. The van der Waals surface area contributed by atoms with E-state index in [1.54, 1.807) is 0 Å². The molecule has 6 nitrogen and oxygen atoms in total. The molecule has 3 rings (SSSR count). The van der Waals surface area contributed by atoms with Crippen LogP contribution in [0.1, 0.15) is 30.9 Å². The molecule has 0 unspecified atom stereocenters. The number of carbonyl (C=O) groups excluding carboxylic acids is 1. The number of ether oxygens (including phenoxy) is 2. The fraction of sp³-hybridized carbons (Fsp3) is 0.278. The van der Waals surface area contributed by atoms with Crippen molar-refractivity contribution in [3.63, 3.8) is 0 Å². The van der Waals surface area contributed by atoms with Crippen molar-refractivity contribution in [2.24, 2.45) is 5.92 Å². The summed E-state index contributed by atoms with van der Waals surface area (Å²) >= 11 is 0. The van der Waals surface area contributed by atoms with E-state index in [0.29, 0.717) is 5.92 Å². The first kappa shape index (κ1) is 16.0. The van der Waals surface area contributed by atoms with E-state index in [9.17, 15) is 14.9 Å². The van der Waals surface area contributed by atoms with Crippen LogP contribution in [0.5, 0.6) is 5.75 Å². The highest BCUT2D eigenvalue weighted by molar-refractivity contribution is 5.64. The van der Waals surface area contributed by atoms with Crippen LogP contribution in [0.2, 0.25) is 0 Å². The highest BCUT2D eigenvalue weighted by Crippen LogP contribution is 2.40. The molecule has 0 saturated heterocycles. The average molecular weight is 327 g/mol. The normalized spacial score (nSPS) is 15.2. The lowest BCUT2D eigenvalue weighted by Gasteiger charge is -2.33. The van der Waals surface area contributed by atoms with Crippen LogP contribution in [0.4, 0.5) is 10.5 Å². The first-order valence-electron chi connectivity index (χ1n) is 7.81. The molecule has 0 aromatic heterocycles. The Balaban J connectivity index is 1.66. The van der Waals surface area contributed by atoms with Crippen LogP contribution in [0.15, 0.2) is 54.6 Å². The number of carbonyl (C=O) groups is 1. The summed E-state index contributed by atoms with van der Waals surface area (Å²) in [6.45, 7) is 0. The number of hydrogen-bond donors (Lipinski definition) is 0. The lowest BCUT2D eigenvalue weighted by atomic mass is 9.78. The zero-order chi connectivity index (χ0) is 16.9. The van der Waals surface area contributed by atoms with E-state index in [1.807, 2.05) is 30.3 Å². The molecule has 0 bridgehead atoms. The lowest BCUT2D eigenvalue weighted by Crippen LogP contribution is -2.26. The van der Waals surface area contributed by atoms with Crippen molar-refractivity contribution >= 4 is 11.8 Å². The molecular weight excluding hydrogens is 310 g/mol. The number of rotatable bonds is 5. The van der Waals surface area contributed by atoms with Gasteiger partial charge in [0.05, 0.1) is 4.92 Å². The van der Waals surface area contributed by atoms with Gasteiger partial charge in [0.1, 0.15) is 11.9 Å². The van der Waals surface area contributed by atoms with Crippen LogP contribution >= 0.6 is 0 Å². The Labute approximate surface area is 139 Å². The quantitative estimate of drug-likeness (QED) is 0.345. The van der Waals surface area contributed by atoms with E-state index in [1.165, 1.54) is 24.3 Å². The van der Waals surface area contributed by atoms with Crippen molar-refractivity contribution in [2.45, 2.75) is 25.4 Å². The van der Waals surface area contributed by atoms with Gasteiger partial charge in [-0.2, -0.15) is 0 Å². The highest BCUT2D eigenvalue weighted by Gasteiger charge is 2.32. The topological polar surface area (TPSA) is 78.7 Å². The summed E-state index contributed by atoms with van der Waals surface area (Å²) in [5.74, 6) is 0.517. The van der Waals surface area contributed by atoms with Gasteiger partial charge in [0.2, 0.25) is 0 Å². The minimum absolute atomic E-state index is 0.0626. The Hall–Kier alpha value is -2.89. The van der Waals surface area contributed by atoms with Gasteiger partial charge in [-0.25, -0.2) is 4.79 Å². The van der Waals surface area contributed by atoms with Gasteiger partial charge in [-0.1, -0.05) is 36.8 Å². The molecule has 1 aliphatic rings. The summed E-state index contributed by atoms with van der Waals surface area (Å²) in [7, 11) is 0. The largest absolute Gasteiger partial charge is 0.514 e. The van der Waals surface area contributed by atoms with Crippen LogP contribution in [0, 0.1) is 16.0 Å². The first-order valence-corrected chi connectivity index (χ1v) is 7.81. The number of hydrogen-bond acceptors (Lipinski definition) is 5. The van der Waals surface area contributed by atoms with Crippen molar-refractivity contribution < 1.29 is 19.2 Å². The SMILES string of the molecule is O=C(Oc1ccc([N+](=O)[O-])cc1)O[C@@H](c1ccccc1)C1CCC1. The summed E-state index contributed by atoms with van der Waals surface area (Å²) < 4.78 is 10.7. The third-order valence-electron chi connectivity index (χ3n) is 4.18. The Morgan fingerprint density at radius 1 is 1.08 bits per heavy atom. The molecular formula is C18H17NO5. The maximum Gasteiger partial charge on any atom is 0.514 e. The molecule has 0 N–H and O–H groups in total. The molecule has 2 aromatic rings. The number of nitro groups is 1. The Morgan fingerprint density at radius 3 is 2.29 bits per heavy atom. The molecule has 1 saturated carbocycles. The molecule has 0 aliphatic heterocycles. The summed E-state index contributed by atoms with van der Waals surface area (Å²) in [4.78, 5) is 22.2. The minimum Gasteiger partial charge on any atom is -0.425 e. The second-order valence-corrected chi connectivity index (χ2v) is 5.74. The molecule has 1 atom stereocenters. The Bertz CT molecular complexity index is 710. The number of nitro benzene ring substituents is 1. The molecule has 0 heterocycles. The zero-order valence-corrected chi connectivity index (χ0v) is 13.0. The molecule has 124 valence electrons. The maximum atomic E-state index is 12.1. The third-order valence-corrected chi connectivity index (χ3v) is 4.18. The molecule has 6 heteroatoms. The Morgan fingerprint density at radius 2 is 1.75 bits per heavy atom. The standard InChI is InChI=1S/C18H17NO5/c20-18(23-16-11-9-15(10-12-16)19(21)22)24-17(14-7-4-8-14)13-5-2-1-3-6-13/h1-3,5-6,9-12,14,17H,4,7-8H2/t17-/m0/s1. The van der Waals surface area contributed by atoms with Crippen molar-refractivity contribution in [2.75, 3.05) is 0 Å². The molecule has 0 radical (unpaired) electrons. The van der Waals surface area contributed by atoms with E-state index in [-0.39, 0.29) is 17.5 Å². The predicted octanol–water partition coefficient (Wildman–Crippen LogP) is 4.65. The molecule has 0 amide bonds. The molecule has 24 heavy (non-hydrogen) atoms. The van der Waals surface area contributed by atoms with Gasteiger partial charge in [0.25, 0.3) is 5.69 Å². The van der Waals surface area contributed by atoms with Gasteiger partial charge in [-0.15, -0.1) is 0 Å². The van der Waals surface area contributed by atoms with Crippen LogP contribution in [0.3, 0.4) is 0 Å². The van der Waals surface area contributed by atoms with Crippen LogP contribution < -0.4 is 4.74 Å². The van der Waals surface area contributed by atoms with Crippen LogP contribution in [-0.2, 0) is 4.74 Å². The smallest absolute Gasteiger partial charge is 0.425 e. The summed E-state index contributed by atoms with van der Waals surface area (Å²) in [6, 6.07) is 14.9. The maximum absolute atomic E-state index is 12.1. The van der Waals surface area contributed by atoms with Crippen molar-refractivity contribution in [1.29, 1.82) is 0 Å². The van der Waals surface area contributed by atoms with Crippen LogP contribution in [0.25, 0.3) is 0 Å². The van der Waals surface area contributed by atoms with Gasteiger partial charge in [0, 0.05) is 18.1 Å². The molecule has 1 fully saturated rings. The summed E-state index contributed by atoms with van der Waals surface area (Å²) in [5, 5.41) is 10.6. The second kappa shape index (κ2) is 7.12. The van der Waals surface area contributed by atoms with E-state index in [0.717, 1.165) is 24.8 Å². The fourth-order valence-corrected chi connectivity index (χ4v) is 2.68. The molecule has 0 spiro atoms. The van der Waals surface area contributed by atoms with Crippen molar-refractivity contribution in [1.82, 2.24) is 0 Å². The Kier molecular flexibility index (Phi) is 4.74. The van der Waals surface area contributed by atoms with Gasteiger partial charge < -0.3 is 9.47 Å². The third kappa shape index (κ3) is 3.71. The average Bonchev–Trinajstić information content (AvgIpc) is 2.54. The lowest BCUT2D eigenvalue weighted by molar-refractivity contribution is -0.384. The fourth-order valence-electron chi connectivity index (χ4n) is 2.68. The van der Waals surface area contributed by atoms with E-state index in [2.05, 4.69) is 0 Å². The monoisotopic (exact) mass is 327 g/mol. The van der Waals surface area contributed by atoms with Gasteiger partial charge in [-0.3, -0.25) is 10.1 Å². The molecule has 2 aromatic carbocycles. The van der Waals surface area contributed by atoms with Gasteiger partial charge in [0.15, 0.2) is 0 Å². The summed E-state index contributed by atoms with van der Waals surface area (Å²) in [5.41, 5.74) is 0.884. The number of nitrogens with zero attached hydrogens (tertiary/aromatic N) is 1. The van der Waals surface area contributed by atoms with Crippen LogP contribution in [-0.4, -0.2) is 11.1 Å². The predicted molar refractivity (Wildman–Crippen MR) is 86.7 cm³/mol. The van der Waals surface area contributed by atoms with Gasteiger partial charge >= 0.3 is 6.16 Å². The van der Waals surface area contributed by atoms with E-state index < -0.39 is 11.1 Å². The van der Waals surface area contributed by atoms with Crippen molar-refractivity contribution in [3.05, 3.63) is 70.3 Å². The minimum atomic E-state index is -0.801. The van der Waals surface area contributed by atoms with E-state index in [4.69, 9.17) is 9.47 Å². The number of non-ortho nitro benzene ring substituents is 1. The zero-order valence-electron chi connectivity index (χ0n) is 13.0. The van der Waals surface area contributed by atoms with Crippen molar-refractivity contribution in [3.8, 4) is 5.75 Å². The van der Waals surface area contributed by atoms with E-state index >= 15 is 0 Å². The highest BCUT2D eigenvalue weighted by atomic mass is 16.7.